The number of hydrogen-bond donors (Lipinski definition) is 5. The number of aliphatic hydroxyl groups is 2. The first kappa shape index (κ1) is 89.6. The van der Waals surface area contributed by atoms with Crippen LogP contribution in [0.5, 0.6) is 23.0 Å². The van der Waals surface area contributed by atoms with Crippen molar-refractivity contribution in [1.82, 2.24) is 5.48 Å². The van der Waals surface area contributed by atoms with Crippen molar-refractivity contribution >= 4 is 132 Å². The highest BCUT2D eigenvalue weighted by molar-refractivity contribution is 8.01. The van der Waals surface area contributed by atoms with Crippen molar-refractivity contribution in [3.05, 3.63) is 214 Å². The summed E-state index contributed by atoms with van der Waals surface area (Å²) >= 11 is 5.80. The minimum atomic E-state index is -1.92. The maximum Gasteiger partial charge on any atom is 0.335 e. The third-order valence-electron chi connectivity index (χ3n) is 19.7. The van der Waals surface area contributed by atoms with E-state index >= 15 is 0 Å². The van der Waals surface area contributed by atoms with Gasteiger partial charge < -0.3 is 57.8 Å². The molecular weight excluding hydrogens is 1580 g/mol. The van der Waals surface area contributed by atoms with Crippen LogP contribution in [0.25, 0.3) is 0 Å². The number of hydrogen-bond acceptors (Lipinski definition) is 24. The fourth-order valence-corrected chi connectivity index (χ4v) is 18.1. The molecule has 0 saturated carbocycles. The number of fused-ring (bicyclic) bond motifs is 4. The first-order valence-electron chi connectivity index (χ1n) is 36.7. The molecule has 0 spiro atoms. The van der Waals surface area contributed by atoms with E-state index < -0.39 is 48.6 Å². The number of carboxylic acid groups (broad SMARTS) is 1. The summed E-state index contributed by atoms with van der Waals surface area (Å²) in [5.41, 5.74) is 10.2. The summed E-state index contributed by atoms with van der Waals surface area (Å²) in [4.78, 5) is 121. The minimum absolute atomic E-state index is 0.0515. The van der Waals surface area contributed by atoms with Gasteiger partial charge in [0.05, 0.1) is 119 Å². The van der Waals surface area contributed by atoms with E-state index in [4.69, 9.17) is 42.8 Å². The van der Waals surface area contributed by atoms with E-state index in [1.54, 1.807) is 63.1 Å². The Bertz CT molecular complexity index is 4680. The van der Waals surface area contributed by atoms with E-state index in [9.17, 15) is 58.5 Å². The molecule has 12 rings (SSSR count). The Morgan fingerprint density at radius 2 is 0.664 bits per heavy atom. The lowest BCUT2D eigenvalue weighted by molar-refractivity contribution is -0.140. The largest absolute Gasteiger partial charge is 0.497 e. The Morgan fingerprint density at radius 1 is 0.397 bits per heavy atom. The lowest BCUT2D eigenvalue weighted by atomic mass is 10.1. The molecule has 8 aromatic rings. The molecule has 0 saturated heterocycles. The van der Waals surface area contributed by atoms with E-state index in [0.717, 1.165) is 76.1 Å². The fourth-order valence-electron chi connectivity index (χ4n) is 12.2. The number of carbonyl (C=O) groups is 9. The molecule has 4 atom stereocenters. The zero-order valence-corrected chi connectivity index (χ0v) is 70.7. The van der Waals surface area contributed by atoms with Crippen molar-refractivity contribution in [3.8, 4) is 23.0 Å². The third kappa shape index (κ3) is 23.3. The summed E-state index contributed by atoms with van der Waals surface area (Å²) < 4.78 is 41.4. The van der Waals surface area contributed by atoms with Crippen molar-refractivity contribution in [3.63, 3.8) is 0 Å². The van der Waals surface area contributed by atoms with Gasteiger partial charge in [0.2, 0.25) is 23.6 Å². The molecule has 4 unspecified atom stereocenters. The van der Waals surface area contributed by atoms with Gasteiger partial charge in [-0.05, 0) is 186 Å². The molecule has 4 heterocycles. The Labute approximate surface area is 691 Å². The van der Waals surface area contributed by atoms with Crippen LogP contribution in [0.3, 0.4) is 0 Å². The highest BCUT2D eigenvalue weighted by Gasteiger charge is 2.41. The molecule has 0 bridgehead atoms. The summed E-state index contributed by atoms with van der Waals surface area (Å²) in [7, 11) is 8.38. The number of amides is 5. The average Bonchev–Trinajstić information content (AvgIpc) is 0.793. The molecule has 0 aromatic heterocycles. The maximum absolute atomic E-state index is 13.5. The monoisotopic (exact) mass is 1680 g/mol. The highest BCUT2D eigenvalue weighted by Crippen LogP contribution is 2.46. The quantitative estimate of drug-likeness (QED) is 0.0111. The number of nitrogens with zero attached hydrogens (tertiary/aromatic N) is 4. The first-order valence-corrected chi connectivity index (χ1v) is 43.1. The molecule has 5 amide bonds. The summed E-state index contributed by atoms with van der Waals surface area (Å²) in [6, 6.07) is 51.6. The standard InChI is InChI=1S/C26H35NO5SSi.C20H19NO6S.C20H21NO5S.C19H20N2O5S/c1-26(2,3)34(6,7)32-17-19-10-13-22-21(14-19)27(16-24(28)31-5)25(29)23(33-22)15-18-8-11-20(30-4)12-9-18;1-26-14-6-3-12(4-7-14)9-17-19(23)21(11-18(22)27-2)15-10-13(20(24)25)5-8-16(15)28-17;1-25-15-6-3-13(4-7-15)10-18-20(24)21(11-19(23)26-2)16-9-14(12-22)5-8-17(16)27-18;1-26-14-5-2-12(3-6-14)9-17-19(24)21(10-18(23)20-25)15-8-13(11-22)4-7-16(15)27-17/h8-14,23H,15-17H2,1-7H3;3-8,10,17H,9,11H2,1-2H3,(H,24,25);3-9,18,22H,10-12H2,1-2H3;2-8,17,22,25H,9-11H2,1H3,(H,20,23). The van der Waals surface area contributed by atoms with Crippen molar-refractivity contribution in [2.45, 2.75) is 125 Å². The van der Waals surface area contributed by atoms with Crippen LogP contribution in [-0.2, 0) is 102 Å². The van der Waals surface area contributed by atoms with E-state index in [1.165, 1.54) is 95.2 Å². The molecular formula is C85H95N5O21S4Si. The number of hydroxylamine groups is 1. The smallest absolute Gasteiger partial charge is 0.335 e. The Morgan fingerprint density at radius 3 is 0.931 bits per heavy atom. The van der Waals surface area contributed by atoms with Gasteiger partial charge in [0.25, 0.3) is 5.91 Å². The number of rotatable bonds is 26. The number of ether oxygens (including phenoxy) is 7. The van der Waals surface area contributed by atoms with Crippen LogP contribution in [0, 0.1) is 0 Å². The third-order valence-corrected chi connectivity index (χ3v) is 29.2. The second-order valence-corrected chi connectivity index (χ2v) is 38.1. The number of carboxylic acids is 1. The van der Waals surface area contributed by atoms with Gasteiger partial charge in [0, 0.05) is 19.6 Å². The van der Waals surface area contributed by atoms with Crippen molar-refractivity contribution in [1.29, 1.82) is 0 Å². The fraction of sp³-hybridized carbons (Fsp3) is 0.329. The Hall–Kier alpha value is -10.4. The van der Waals surface area contributed by atoms with Crippen molar-refractivity contribution < 1.29 is 101 Å². The number of carbonyl (C=O) groups excluding carboxylic acids is 8. The molecule has 0 aliphatic carbocycles. The van der Waals surface area contributed by atoms with Gasteiger partial charge in [-0.25, -0.2) is 10.3 Å². The topological polar surface area (TPSA) is 333 Å². The molecule has 116 heavy (non-hydrogen) atoms. The van der Waals surface area contributed by atoms with Crippen molar-refractivity contribution in [2.24, 2.45) is 0 Å². The lowest BCUT2D eigenvalue weighted by Gasteiger charge is -2.36. The lowest BCUT2D eigenvalue weighted by Crippen LogP contribution is -2.46. The molecule has 4 aliphatic rings. The predicted octanol–water partition coefficient (Wildman–Crippen LogP) is 12.2. The second kappa shape index (κ2) is 41.5. The first-order chi connectivity index (χ1) is 55.5. The molecule has 4 aliphatic heterocycles. The number of nitrogens with one attached hydrogen (secondary N) is 1. The van der Waals surface area contributed by atoms with Gasteiger partial charge in [0.1, 0.15) is 49.2 Å². The molecule has 0 radical (unpaired) electrons. The van der Waals surface area contributed by atoms with Gasteiger partial charge in [-0.15, -0.1) is 47.0 Å². The van der Waals surface area contributed by atoms with Gasteiger partial charge in [0.15, 0.2) is 8.32 Å². The van der Waals surface area contributed by atoms with E-state index in [0.29, 0.717) is 60.5 Å². The number of methoxy groups -OCH3 is 7. The minimum Gasteiger partial charge on any atom is -0.497 e. The predicted molar refractivity (Wildman–Crippen MR) is 447 cm³/mol. The van der Waals surface area contributed by atoms with Gasteiger partial charge in [-0.2, -0.15) is 0 Å². The molecule has 8 aromatic carbocycles. The normalized spacial score (nSPS) is 16.0. The maximum atomic E-state index is 13.5. The SMILES string of the molecule is COC(=O)CN1C(=O)C(Cc2ccc(OC)cc2)Sc2ccc(C(=O)O)cc21.COC(=O)CN1C(=O)C(Cc2ccc(OC)cc2)Sc2ccc(CO)cc21.COC(=O)CN1C(=O)C(Cc2ccc(OC)cc2)Sc2ccc(CO[Si](C)(C)C(C)(C)C)cc21.COc1ccc(CC2Sc3ccc(CO)cc3N(CC(=O)NO)C2=O)cc1. The molecule has 5 N–H and O–H groups in total. The van der Waals surface area contributed by atoms with Crippen LogP contribution in [0.4, 0.5) is 22.7 Å². The molecule has 614 valence electrons. The summed E-state index contributed by atoms with van der Waals surface area (Å²) in [6.45, 7) is 10.4. The molecule has 0 fully saturated rings. The summed E-state index contributed by atoms with van der Waals surface area (Å²) in [5, 5.41) is 35.4. The van der Waals surface area contributed by atoms with Crippen LogP contribution in [-0.4, -0.2) is 179 Å². The van der Waals surface area contributed by atoms with Crippen LogP contribution in [0.1, 0.15) is 70.1 Å². The van der Waals surface area contributed by atoms with Gasteiger partial charge >= 0.3 is 23.9 Å². The van der Waals surface area contributed by atoms with Gasteiger partial charge in [-0.1, -0.05) is 87.5 Å². The number of aliphatic hydroxyl groups excluding tert-OH is 2. The van der Waals surface area contributed by atoms with E-state index in [-0.39, 0.29) is 84.1 Å². The van der Waals surface area contributed by atoms with Crippen LogP contribution in [0.15, 0.2) is 189 Å². The Balaban J connectivity index is 0.000000178. The highest BCUT2D eigenvalue weighted by atomic mass is 32.2. The molecule has 26 nitrogen and oxygen atoms in total. The number of anilines is 4. The van der Waals surface area contributed by atoms with Crippen LogP contribution >= 0.6 is 47.0 Å². The Kier molecular flexibility index (Phi) is 32.0. The van der Waals surface area contributed by atoms with E-state index in [1.807, 2.05) is 127 Å². The van der Waals surface area contributed by atoms with Crippen LogP contribution < -0.4 is 44.0 Å². The zero-order chi connectivity index (χ0) is 84.1. The second-order valence-electron chi connectivity index (χ2n) is 28.4. The molecule has 31 heteroatoms. The van der Waals surface area contributed by atoms with Crippen molar-refractivity contribution in [2.75, 3.05) is 95.5 Å². The zero-order valence-electron chi connectivity index (χ0n) is 66.4. The summed E-state index contributed by atoms with van der Waals surface area (Å²) in [6.07, 6.45) is 2.05. The van der Waals surface area contributed by atoms with Gasteiger partial charge in [-0.3, -0.25) is 58.3 Å². The van der Waals surface area contributed by atoms with Crippen LogP contribution in [0.2, 0.25) is 18.1 Å². The number of esters is 3. The number of aromatic carboxylic acids is 1. The van der Waals surface area contributed by atoms with E-state index in [2.05, 4.69) is 39.9 Å². The average molecular weight is 1680 g/mol. The number of benzene rings is 8. The number of thioether (sulfide) groups is 4. The summed E-state index contributed by atoms with van der Waals surface area (Å²) in [5.74, 6) is -1.02.